The van der Waals surface area contributed by atoms with Gasteiger partial charge in [-0.25, -0.2) is 14.8 Å². The van der Waals surface area contributed by atoms with E-state index in [1.165, 1.54) is 6.07 Å². The molecular formula is C28H30F3IN4O4. The molecule has 1 aliphatic rings. The highest BCUT2D eigenvalue weighted by molar-refractivity contribution is 14.1. The Balaban J connectivity index is 1.71. The Morgan fingerprint density at radius 3 is 2.45 bits per heavy atom. The van der Waals surface area contributed by atoms with Gasteiger partial charge in [-0.05, 0) is 77.4 Å². The lowest BCUT2D eigenvalue weighted by molar-refractivity contribution is -0.149. The van der Waals surface area contributed by atoms with Crippen LogP contribution in [-0.4, -0.2) is 42.3 Å². The first kappa shape index (κ1) is 29.7. The van der Waals surface area contributed by atoms with Crippen molar-refractivity contribution in [1.82, 2.24) is 9.97 Å². The average Bonchev–Trinajstić information content (AvgIpc) is 2.93. The van der Waals surface area contributed by atoms with Gasteiger partial charge in [0.05, 0.1) is 41.7 Å². The van der Waals surface area contributed by atoms with Gasteiger partial charge in [0, 0.05) is 30.8 Å². The van der Waals surface area contributed by atoms with E-state index in [0.29, 0.717) is 41.3 Å². The number of rotatable bonds is 9. The standard InChI is InChI=1S/C28H30F3IN4O4/c1-5-27(25(37)40-6-2)14-24(20-12-17(28(29,30)31)7-8-22(20)36-27)35-26-33-15-21(32)23(34-26)11-16-9-18(38-3)13-19(10-16)39-4/h7-10,12-13,15,24,36H,5-6,11,14H2,1-4H3,(H,33,34,35)/t24-,27+/m0/s1. The Bertz CT molecular complexity index is 1370. The number of carbonyl (C=O) groups is 1. The second-order valence-corrected chi connectivity index (χ2v) is 10.5. The minimum atomic E-state index is -4.52. The fourth-order valence-electron chi connectivity index (χ4n) is 4.73. The van der Waals surface area contributed by atoms with Crippen LogP contribution in [0.5, 0.6) is 11.5 Å². The zero-order valence-electron chi connectivity index (χ0n) is 22.5. The number of nitrogens with zero attached hydrogens (tertiary/aromatic N) is 2. The van der Waals surface area contributed by atoms with Gasteiger partial charge in [-0.2, -0.15) is 13.2 Å². The molecule has 12 heteroatoms. The number of hydrogen-bond donors (Lipinski definition) is 2. The largest absolute Gasteiger partial charge is 0.497 e. The second-order valence-electron chi connectivity index (χ2n) is 9.37. The maximum absolute atomic E-state index is 13.6. The normalized spacial score (nSPS) is 18.4. The molecule has 0 aliphatic carbocycles. The average molecular weight is 670 g/mol. The molecular weight excluding hydrogens is 640 g/mol. The summed E-state index contributed by atoms with van der Waals surface area (Å²) in [4.78, 5) is 22.2. The summed E-state index contributed by atoms with van der Waals surface area (Å²) in [6.45, 7) is 3.72. The van der Waals surface area contributed by atoms with Crippen molar-refractivity contribution < 1.29 is 32.2 Å². The number of fused-ring (bicyclic) bond motifs is 1. The van der Waals surface area contributed by atoms with Gasteiger partial charge in [-0.3, -0.25) is 0 Å². The summed E-state index contributed by atoms with van der Waals surface area (Å²) in [5.74, 6) is 1.04. The highest BCUT2D eigenvalue weighted by Crippen LogP contribution is 2.43. The molecule has 1 aromatic heterocycles. The Kier molecular flexibility index (Phi) is 8.96. The smallest absolute Gasteiger partial charge is 0.416 e. The van der Waals surface area contributed by atoms with E-state index in [-0.39, 0.29) is 19.0 Å². The van der Waals surface area contributed by atoms with Crippen molar-refractivity contribution in [2.75, 3.05) is 31.5 Å². The van der Waals surface area contributed by atoms with Crippen molar-refractivity contribution in [1.29, 1.82) is 0 Å². The van der Waals surface area contributed by atoms with Crippen molar-refractivity contribution in [3.63, 3.8) is 0 Å². The minimum absolute atomic E-state index is 0.133. The van der Waals surface area contributed by atoms with Crippen LogP contribution < -0.4 is 20.1 Å². The fraction of sp³-hybridized carbons (Fsp3) is 0.393. The number of ether oxygens (including phenoxy) is 3. The molecule has 0 amide bonds. The number of aromatic nitrogens is 2. The maximum atomic E-state index is 13.6. The van der Waals surface area contributed by atoms with Gasteiger partial charge >= 0.3 is 12.1 Å². The Morgan fingerprint density at radius 2 is 1.85 bits per heavy atom. The van der Waals surface area contributed by atoms with Crippen LogP contribution in [0.1, 0.15) is 55.1 Å². The highest BCUT2D eigenvalue weighted by atomic mass is 127. The van der Waals surface area contributed by atoms with E-state index in [1.54, 1.807) is 33.4 Å². The summed E-state index contributed by atoms with van der Waals surface area (Å²) in [7, 11) is 3.14. The number of anilines is 2. The van der Waals surface area contributed by atoms with E-state index in [0.717, 1.165) is 21.3 Å². The molecule has 2 atom stereocenters. The van der Waals surface area contributed by atoms with Crippen LogP contribution >= 0.6 is 22.6 Å². The molecule has 0 saturated heterocycles. The van der Waals surface area contributed by atoms with Crippen LogP contribution in [0, 0.1) is 3.57 Å². The molecule has 3 aromatic rings. The molecule has 8 nitrogen and oxygen atoms in total. The summed E-state index contributed by atoms with van der Waals surface area (Å²) < 4.78 is 57.7. The number of esters is 1. The summed E-state index contributed by atoms with van der Waals surface area (Å²) in [5.41, 5.74) is 0.470. The van der Waals surface area contributed by atoms with Gasteiger partial charge in [-0.1, -0.05) is 6.92 Å². The van der Waals surface area contributed by atoms with E-state index in [1.807, 2.05) is 19.1 Å². The number of nitrogens with one attached hydrogen (secondary N) is 2. The number of halogens is 4. The third-order valence-electron chi connectivity index (χ3n) is 6.85. The van der Waals surface area contributed by atoms with Crippen LogP contribution in [0.4, 0.5) is 24.8 Å². The molecule has 2 N–H and O–H groups in total. The summed E-state index contributed by atoms with van der Waals surface area (Å²) in [6, 6.07) is 8.28. The van der Waals surface area contributed by atoms with Crippen molar-refractivity contribution in [2.45, 2.75) is 50.9 Å². The zero-order valence-corrected chi connectivity index (χ0v) is 24.6. The molecule has 0 unspecified atom stereocenters. The second kappa shape index (κ2) is 12.1. The summed E-state index contributed by atoms with van der Waals surface area (Å²) in [5, 5.41) is 6.38. The summed E-state index contributed by atoms with van der Waals surface area (Å²) in [6.07, 6.45) is -1.94. The topological polar surface area (TPSA) is 94.6 Å². The van der Waals surface area contributed by atoms with E-state index < -0.39 is 29.3 Å². The molecule has 0 bridgehead atoms. The molecule has 0 saturated carbocycles. The number of hydrogen-bond acceptors (Lipinski definition) is 8. The molecule has 0 radical (unpaired) electrons. The SMILES string of the molecule is CCOC(=O)[C@@]1(CC)C[C@H](Nc2ncc(I)c(Cc3cc(OC)cc(OC)c3)n2)c2cc(C(F)(F)F)ccc2N1. The van der Waals surface area contributed by atoms with Gasteiger partial charge in [-0.15, -0.1) is 0 Å². The van der Waals surface area contributed by atoms with Gasteiger partial charge in [0.2, 0.25) is 5.95 Å². The molecule has 4 rings (SSSR count). The molecule has 40 heavy (non-hydrogen) atoms. The minimum Gasteiger partial charge on any atom is -0.497 e. The third kappa shape index (κ3) is 6.37. The van der Waals surface area contributed by atoms with Crippen LogP contribution in [-0.2, 0) is 22.1 Å². The van der Waals surface area contributed by atoms with Gasteiger partial charge in [0.1, 0.15) is 17.0 Å². The predicted octanol–water partition coefficient (Wildman–Crippen LogP) is 6.39. The monoisotopic (exact) mass is 670 g/mol. The van der Waals surface area contributed by atoms with Gasteiger partial charge in [0.25, 0.3) is 0 Å². The van der Waals surface area contributed by atoms with Gasteiger partial charge in [0.15, 0.2) is 0 Å². The number of benzene rings is 2. The van der Waals surface area contributed by atoms with E-state index >= 15 is 0 Å². The molecule has 1 aliphatic heterocycles. The lowest BCUT2D eigenvalue weighted by atomic mass is 9.80. The van der Waals surface area contributed by atoms with Crippen LogP contribution in [0.3, 0.4) is 0 Å². The maximum Gasteiger partial charge on any atom is 0.416 e. The van der Waals surface area contributed by atoms with E-state index in [4.69, 9.17) is 19.2 Å². The van der Waals surface area contributed by atoms with Crippen molar-refractivity contribution in [3.8, 4) is 11.5 Å². The zero-order chi connectivity index (χ0) is 29.1. The fourth-order valence-corrected chi connectivity index (χ4v) is 5.18. The van der Waals surface area contributed by atoms with Crippen LogP contribution in [0.15, 0.2) is 42.6 Å². The van der Waals surface area contributed by atoms with Gasteiger partial charge < -0.3 is 24.8 Å². The number of carbonyl (C=O) groups excluding carboxylic acids is 1. The lowest BCUT2D eigenvalue weighted by Crippen LogP contribution is -2.51. The first-order valence-electron chi connectivity index (χ1n) is 12.7. The quantitative estimate of drug-likeness (QED) is 0.200. The Morgan fingerprint density at radius 1 is 1.15 bits per heavy atom. The van der Waals surface area contributed by atoms with E-state index in [9.17, 15) is 18.0 Å². The number of methoxy groups -OCH3 is 2. The molecule has 214 valence electrons. The Labute approximate surface area is 244 Å². The lowest BCUT2D eigenvalue weighted by Gasteiger charge is -2.41. The Hall–Kier alpha value is -3.29. The predicted molar refractivity (Wildman–Crippen MR) is 153 cm³/mol. The molecule has 2 aromatic carbocycles. The summed E-state index contributed by atoms with van der Waals surface area (Å²) >= 11 is 2.14. The van der Waals surface area contributed by atoms with Crippen molar-refractivity contribution in [3.05, 3.63) is 68.5 Å². The van der Waals surface area contributed by atoms with Crippen LogP contribution in [0.25, 0.3) is 0 Å². The first-order chi connectivity index (χ1) is 19.0. The molecule has 0 fully saturated rings. The van der Waals surface area contributed by atoms with Crippen molar-refractivity contribution in [2.24, 2.45) is 0 Å². The third-order valence-corrected chi connectivity index (χ3v) is 7.75. The number of alkyl halides is 3. The van der Waals surface area contributed by atoms with Crippen molar-refractivity contribution >= 4 is 40.2 Å². The molecule has 0 spiro atoms. The van der Waals surface area contributed by atoms with E-state index in [2.05, 4.69) is 38.2 Å². The first-order valence-corrected chi connectivity index (χ1v) is 13.8. The highest BCUT2D eigenvalue weighted by Gasteiger charge is 2.46. The van der Waals surface area contributed by atoms with Crippen LogP contribution in [0.2, 0.25) is 0 Å². The molecule has 2 heterocycles.